The van der Waals surface area contributed by atoms with Crippen LogP contribution in [0.15, 0.2) is 75.8 Å². The highest BCUT2D eigenvalue weighted by Gasteiger charge is 2.17. The van der Waals surface area contributed by atoms with E-state index in [1.165, 1.54) is 13.2 Å². The third-order valence-corrected chi connectivity index (χ3v) is 5.01. The van der Waals surface area contributed by atoms with Crippen LogP contribution in [0, 0.1) is 0 Å². The van der Waals surface area contributed by atoms with E-state index in [4.69, 9.17) is 4.42 Å². The van der Waals surface area contributed by atoms with Crippen molar-refractivity contribution in [2.45, 2.75) is 25.9 Å². The number of halogens is 1. The molecule has 3 amide bonds. The normalized spacial score (nSPS) is 11.4. The molecule has 0 aliphatic rings. The molecule has 0 saturated carbocycles. The molecular formula is C23H22BrN3O4. The first kappa shape index (κ1) is 22.3. The summed E-state index contributed by atoms with van der Waals surface area (Å²) in [5.74, 6) is -0.483. The number of amides is 3. The van der Waals surface area contributed by atoms with E-state index in [9.17, 15) is 14.4 Å². The molecule has 0 aliphatic heterocycles. The van der Waals surface area contributed by atoms with Gasteiger partial charge >= 0.3 is 0 Å². The molecule has 3 aromatic rings. The van der Waals surface area contributed by atoms with Gasteiger partial charge in [-0.3, -0.25) is 14.4 Å². The van der Waals surface area contributed by atoms with Crippen molar-refractivity contribution in [1.29, 1.82) is 0 Å². The van der Waals surface area contributed by atoms with Crippen LogP contribution in [0.4, 0.5) is 5.69 Å². The Morgan fingerprint density at radius 2 is 1.71 bits per heavy atom. The summed E-state index contributed by atoms with van der Waals surface area (Å²) in [6, 6.07) is 17.4. The Morgan fingerprint density at radius 1 is 1.00 bits per heavy atom. The minimum atomic E-state index is -0.412. The topological polar surface area (TPSA) is 100 Å². The lowest BCUT2D eigenvalue weighted by Gasteiger charge is -2.18. The van der Waals surface area contributed by atoms with Gasteiger partial charge in [-0.25, -0.2) is 0 Å². The van der Waals surface area contributed by atoms with Crippen molar-refractivity contribution in [1.82, 2.24) is 10.6 Å². The summed E-state index contributed by atoms with van der Waals surface area (Å²) < 4.78 is 5.98. The first-order valence-corrected chi connectivity index (χ1v) is 10.4. The second kappa shape index (κ2) is 10.6. The lowest BCUT2D eigenvalue weighted by molar-refractivity contribution is -0.122. The quantitative estimate of drug-likeness (QED) is 0.447. The van der Waals surface area contributed by atoms with E-state index in [0.717, 1.165) is 15.6 Å². The molecule has 2 aromatic carbocycles. The van der Waals surface area contributed by atoms with E-state index >= 15 is 0 Å². The summed E-state index contributed by atoms with van der Waals surface area (Å²) >= 11 is 3.38. The average molecular weight is 484 g/mol. The third kappa shape index (κ3) is 6.82. The maximum atomic E-state index is 12.5. The SMILES string of the molecule is CC(=O)NC(CC(=O)NCc1ccc(NC(=O)c2ccco2)cc1)c1ccc(Br)cc1. The molecule has 7 nitrogen and oxygen atoms in total. The number of hydrogen-bond donors (Lipinski definition) is 3. The Bertz CT molecular complexity index is 1030. The molecule has 1 aromatic heterocycles. The smallest absolute Gasteiger partial charge is 0.291 e. The predicted molar refractivity (Wildman–Crippen MR) is 120 cm³/mol. The first-order valence-electron chi connectivity index (χ1n) is 9.64. The number of rotatable bonds is 8. The van der Waals surface area contributed by atoms with Gasteiger partial charge in [0.15, 0.2) is 5.76 Å². The monoisotopic (exact) mass is 483 g/mol. The maximum Gasteiger partial charge on any atom is 0.291 e. The summed E-state index contributed by atoms with van der Waals surface area (Å²) in [4.78, 5) is 36.0. The van der Waals surface area contributed by atoms with Crippen molar-refractivity contribution in [3.8, 4) is 0 Å². The zero-order chi connectivity index (χ0) is 22.2. The molecule has 0 saturated heterocycles. The standard InChI is InChI=1S/C23H22BrN3O4/c1-15(28)26-20(17-6-8-18(24)9-7-17)13-22(29)25-14-16-4-10-19(11-5-16)27-23(30)21-3-2-12-31-21/h2-12,20H,13-14H2,1H3,(H,25,29)(H,26,28)(H,27,30). The van der Waals surface area contributed by atoms with E-state index in [-0.39, 0.29) is 29.9 Å². The summed E-state index contributed by atoms with van der Waals surface area (Å²) in [5, 5.41) is 8.42. The van der Waals surface area contributed by atoms with E-state index < -0.39 is 6.04 Å². The molecule has 1 atom stereocenters. The molecule has 0 aliphatic carbocycles. The van der Waals surface area contributed by atoms with Gasteiger partial charge in [0.05, 0.1) is 18.7 Å². The lowest BCUT2D eigenvalue weighted by atomic mass is 10.0. The minimum Gasteiger partial charge on any atom is -0.459 e. The summed E-state index contributed by atoms with van der Waals surface area (Å²) in [5.41, 5.74) is 2.35. The van der Waals surface area contributed by atoms with Crippen molar-refractivity contribution in [3.05, 3.63) is 88.3 Å². The molecule has 0 fully saturated rings. The predicted octanol–water partition coefficient (Wildman–Crippen LogP) is 4.18. The zero-order valence-corrected chi connectivity index (χ0v) is 18.4. The molecule has 0 bridgehead atoms. The number of anilines is 1. The van der Waals surface area contributed by atoms with Gasteiger partial charge < -0.3 is 20.4 Å². The second-order valence-electron chi connectivity index (χ2n) is 6.91. The highest BCUT2D eigenvalue weighted by atomic mass is 79.9. The molecule has 0 radical (unpaired) electrons. The molecule has 0 spiro atoms. The number of nitrogens with one attached hydrogen (secondary N) is 3. The van der Waals surface area contributed by atoms with Gasteiger partial charge in [-0.1, -0.05) is 40.2 Å². The first-order chi connectivity index (χ1) is 14.9. The Kier molecular flexibility index (Phi) is 7.61. The number of carbonyl (C=O) groups is 3. The van der Waals surface area contributed by atoms with Crippen LogP contribution in [-0.4, -0.2) is 17.7 Å². The molecule has 160 valence electrons. The highest BCUT2D eigenvalue weighted by Crippen LogP contribution is 2.20. The summed E-state index contributed by atoms with van der Waals surface area (Å²) in [6.07, 6.45) is 1.56. The van der Waals surface area contributed by atoms with Crippen molar-refractivity contribution < 1.29 is 18.8 Å². The molecule has 1 unspecified atom stereocenters. The largest absolute Gasteiger partial charge is 0.459 e. The van der Waals surface area contributed by atoms with Gasteiger partial charge in [-0.2, -0.15) is 0 Å². The van der Waals surface area contributed by atoms with Crippen LogP contribution in [0.5, 0.6) is 0 Å². The highest BCUT2D eigenvalue weighted by molar-refractivity contribution is 9.10. The molecule has 1 heterocycles. The lowest BCUT2D eigenvalue weighted by Crippen LogP contribution is -2.32. The second-order valence-corrected chi connectivity index (χ2v) is 7.83. The fraction of sp³-hybridized carbons (Fsp3) is 0.174. The van der Waals surface area contributed by atoms with E-state index in [1.807, 2.05) is 36.4 Å². The summed E-state index contributed by atoms with van der Waals surface area (Å²) in [6.45, 7) is 1.76. The van der Waals surface area contributed by atoms with Crippen molar-refractivity contribution in [2.75, 3.05) is 5.32 Å². The van der Waals surface area contributed by atoms with Gasteiger partial charge in [0, 0.05) is 23.6 Å². The molecular weight excluding hydrogens is 462 g/mol. The van der Waals surface area contributed by atoms with Crippen LogP contribution in [-0.2, 0) is 16.1 Å². The van der Waals surface area contributed by atoms with Gasteiger partial charge in [0.25, 0.3) is 5.91 Å². The number of carbonyl (C=O) groups excluding carboxylic acids is 3. The Balaban J connectivity index is 1.53. The fourth-order valence-corrected chi connectivity index (χ4v) is 3.22. The molecule has 8 heteroatoms. The van der Waals surface area contributed by atoms with E-state index in [1.54, 1.807) is 24.3 Å². The van der Waals surface area contributed by atoms with Crippen molar-refractivity contribution in [2.24, 2.45) is 0 Å². The van der Waals surface area contributed by atoms with Crippen LogP contribution < -0.4 is 16.0 Å². The average Bonchev–Trinajstić information content (AvgIpc) is 3.28. The van der Waals surface area contributed by atoms with E-state index in [2.05, 4.69) is 31.9 Å². The fourth-order valence-electron chi connectivity index (χ4n) is 2.96. The van der Waals surface area contributed by atoms with E-state index in [0.29, 0.717) is 12.2 Å². The Morgan fingerprint density at radius 3 is 2.32 bits per heavy atom. The van der Waals surface area contributed by atoms with Gasteiger partial charge in [-0.15, -0.1) is 0 Å². The van der Waals surface area contributed by atoms with Gasteiger partial charge in [0.2, 0.25) is 11.8 Å². The van der Waals surface area contributed by atoms with Gasteiger partial charge in [0.1, 0.15) is 0 Å². The number of furan rings is 1. The maximum absolute atomic E-state index is 12.5. The Labute approximate surface area is 188 Å². The number of benzene rings is 2. The van der Waals surface area contributed by atoms with Gasteiger partial charge in [-0.05, 0) is 47.5 Å². The Hall–Kier alpha value is -3.39. The van der Waals surface area contributed by atoms with Crippen LogP contribution in [0.3, 0.4) is 0 Å². The van der Waals surface area contributed by atoms with Crippen LogP contribution in [0.1, 0.15) is 41.1 Å². The summed E-state index contributed by atoms with van der Waals surface area (Å²) in [7, 11) is 0. The molecule has 31 heavy (non-hydrogen) atoms. The zero-order valence-electron chi connectivity index (χ0n) is 16.9. The van der Waals surface area contributed by atoms with Crippen molar-refractivity contribution >= 4 is 39.3 Å². The minimum absolute atomic E-state index is 0.124. The van der Waals surface area contributed by atoms with Crippen LogP contribution >= 0.6 is 15.9 Å². The third-order valence-electron chi connectivity index (χ3n) is 4.49. The number of hydrogen-bond acceptors (Lipinski definition) is 4. The van der Waals surface area contributed by atoms with Crippen LogP contribution in [0.2, 0.25) is 0 Å². The van der Waals surface area contributed by atoms with Crippen molar-refractivity contribution in [3.63, 3.8) is 0 Å². The molecule has 3 N–H and O–H groups in total. The molecule has 3 rings (SSSR count). The van der Waals surface area contributed by atoms with Crippen LogP contribution in [0.25, 0.3) is 0 Å².